The van der Waals surface area contributed by atoms with E-state index in [0.717, 1.165) is 32.5 Å². The molecule has 0 aromatic heterocycles. The Morgan fingerprint density at radius 1 is 1.26 bits per heavy atom. The molecule has 5 heteroatoms. The van der Waals surface area contributed by atoms with Crippen molar-refractivity contribution in [2.24, 2.45) is 11.8 Å². The van der Waals surface area contributed by atoms with Gasteiger partial charge in [0.05, 0.1) is 6.04 Å². The zero-order chi connectivity index (χ0) is 19.0. The van der Waals surface area contributed by atoms with Crippen LogP contribution in [-0.4, -0.2) is 53.3 Å². The van der Waals surface area contributed by atoms with Gasteiger partial charge in [-0.15, -0.1) is 0 Å². The van der Waals surface area contributed by atoms with Crippen molar-refractivity contribution in [3.05, 3.63) is 35.4 Å². The number of fused-ring (bicyclic) bond motifs is 4. The largest absolute Gasteiger partial charge is 0.354 e. The predicted octanol–water partition coefficient (Wildman–Crippen LogP) is 2.33. The van der Waals surface area contributed by atoms with Crippen LogP contribution in [0.5, 0.6) is 0 Å². The summed E-state index contributed by atoms with van der Waals surface area (Å²) in [6, 6.07) is 9.25. The van der Waals surface area contributed by atoms with E-state index in [0.29, 0.717) is 36.8 Å². The average Bonchev–Trinajstić information content (AvgIpc) is 2.62. The van der Waals surface area contributed by atoms with Gasteiger partial charge in [0.1, 0.15) is 0 Å². The monoisotopic (exact) mass is 369 g/mol. The van der Waals surface area contributed by atoms with Crippen molar-refractivity contribution in [3.63, 3.8) is 0 Å². The van der Waals surface area contributed by atoms with Crippen molar-refractivity contribution < 1.29 is 9.59 Å². The second kappa shape index (κ2) is 7.63. The molecule has 2 bridgehead atoms. The van der Waals surface area contributed by atoms with Crippen LogP contribution in [0.3, 0.4) is 0 Å². The van der Waals surface area contributed by atoms with E-state index >= 15 is 0 Å². The summed E-state index contributed by atoms with van der Waals surface area (Å²) >= 11 is 0. The number of rotatable bonds is 4. The zero-order valence-electron chi connectivity index (χ0n) is 16.5. The molecule has 0 radical (unpaired) electrons. The minimum Gasteiger partial charge on any atom is -0.354 e. The quantitative estimate of drug-likeness (QED) is 0.886. The minimum atomic E-state index is -0.00874. The van der Waals surface area contributed by atoms with Crippen LogP contribution in [0.1, 0.15) is 43.7 Å². The Morgan fingerprint density at radius 3 is 2.85 bits per heavy atom. The second-order valence-electron chi connectivity index (χ2n) is 8.70. The number of likely N-dealkylation sites (tertiary alicyclic amines) is 1. The lowest BCUT2D eigenvalue weighted by atomic mass is 9.72. The average molecular weight is 370 g/mol. The SMILES string of the molecule is CC(=O)NC[C@H]1[C@H]2C[C@H](CN(Cc3cccc(C)c3)C2)[C@@H]2CCCC(=O)N21. The Hall–Kier alpha value is -1.88. The Balaban J connectivity index is 1.54. The minimum absolute atomic E-state index is 0.00874. The van der Waals surface area contributed by atoms with Gasteiger partial charge in [-0.1, -0.05) is 29.8 Å². The summed E-state index contributed by atoms with van der Waals surface area (Å²) in [5.74, 6) is 1.29. The zero-order valence-corrected chi connectivity index (χ0v) is 16.5. The van der Waals surface area contributed by atoms with Crippen LogP contribution in [0.4, 0.5) is 0 Å². The molecule has 5 nitrogen and oxygen atoms in total. The van der Waals surface area contributed by atoms with Gasteiger partial charge in [-0.05, 0) is 43.6 Å². The van der Waals surface area contributed by atoms with Gasteiger partial charge in [-0.3, -0.25) is 14.5 Å². The predicted molar refractivity (Wildman–Crippen MR) is 105 cm³/mol. The van der Waals surface area contributed by atoms with E-state index in [1.807, 2.05) is 0 Å². The molecule has 3 aliphatic rings. The molecule has 1 aromatic rings. The van der Waals surface area contributed by atoms with E-state index < -0.39 is 0 Å². The third-order valence-corrected chi connectivity index (χ3v) is 6.62. The molecule has 0 aliphatic carbocycles. The summed E-state index contributed by atoms with van der Waals surface area (Å²) < 4.78 is 0. The highest BCUT2D eigenvalue weighted by Crippen LogP contribution is 2.41. The van der Waals surface area contributed by atoms with Gasteiger partial charge in [-0.2, -0.15) is 0 Å². The third kappa shape index (κ3) is 3.88. The maximum atomic E-state index is 12.7. The lowest BCUT2D eigenvalue weighted by molar-refractivity contribution is -0.153. The van der Waals surface area contributed by atoms with Crippen LogP contribution in [0.15, 0.2) is 24.3 Å². The van der Waals surface area contributed by atoms with Crippen LogP contribution >= 0.6 is 0 Å². The summed E-state index contributed by atoms with van der Waals surface area (Å²) in [5.41, 5.74) is 2.67. The first-order valence-corrected chi connectivity index (χ1v) is 10.3. The molecule has 0 spiro atoms. The standard InChI is InChI=1S/C22H31N3O2/c1-15-5-3-6-17(9-15)12-24-13-18-10-19(14-24)21(11-23-16(2)26)25-20(18)7-4-8-22(25)27/h3,5-6,9,18-21H,4,7-8,10-14H2,1-2H3,(H,23,26)/t18-,19+,20+,21+/m1/s1. The van der Waals surface area contributed by atoms with E-state index in [9.17, 15) is 9.59 Å². The van der Waals surface area contributed by atoms with Crippen LogP contribution in [0, 0.1) is 18.8 Å². The Morgan fingerprint density at radius 2 is 2.07 bits per heavy atom. The molecular formula is C22H31N3O2. The van der Waals surface area contributed by atoms with Crippen LogP contribution in [0.25, 0.3) is 0 Å². The molecule has 27 heavy (non-hydrogen) atoms. The van der Waals surface area contributed by atoms with Crippen LogP contribution in [-0.2, 0) is 16.1 Å². The van der Waals surface area contributed by atoms with Crippen molar-refractivity contribution >= 4 is 11.8 Å². The van der Waals surface area contributed by atoms with Gasteiger partial charge >= 0.3 is 0 Å². The highest BCUT2D eigenvalue weighted by atomic mass is 16.2. The molecule has 3 heterocycles. The lowest BCUT2D eigenvalue weighted by Crippen LogP contribution is -2.66. The Kier molecular flexibility index (Phi) is 5.22. The number of piperidine rings is 3. The number of aryl methyl sites for hydroxylation is 1. The number of hydrogen-bond donors (Lipinski definition) is 1. The van der Waals surface area contributed by atoms with Crippen LogP contribution < -0.4 is 5.32 Å². The van der Waals surface area contributed by atoms with E-state index in [2.05, 4.69) is 46.3 Å². The number of hydrogen-bond acceptors (Lipinski definition) is 3. The molecule has 146 valence electrons. The first kappa shape index (κ1) is 18.5. The molecule has 2 amide bonds. The van der Waals surface area contributed by atoms with Crippen LogP contribution in [0.2, 0.25) is 0 Å². The molecule has 3 saturated heterocycles. The maximum absolute atomic E-state index is 12.7. The molecule has 1 aromatic carbocycles. The maximum Gasteiger partial charge on any atom is 0.223 e. The summed E-state index contributed by atoms with van der Waals surface area (Å²) in [6.07, 6.45) is 3.96. The first-order valence-electron chi connectivity index (χ1n) is 10.3. The molecule has 4 rings (SSSR count). The van der Waals surface area contributed by atoms with Gasteiger partial charge < -0.3 is 10.2 Å². The van der Waals surface area contributed by atoms with Gasteiger partial charge in [0.15, 0.2) is 0 Å². The number of nitrogens with zero attached hydrogens (tertiary/aromatic N) is 2. The van der Waals surface area contributed by atoms with E-state index in [-0.39, 0.29) is 11.9 Å². The van der Waals surface area contributed by atoms with Crippen molar-refractivity contribution in [3.8, 4) is 0 Å². The van der Waals surface area contributed by atoms with Crippen molar-refractivity contribution in [2.45, 2.75) is 58.2 Å². The molecule has 3 fully saturated rings. The fraction of sp³-hybridized carbons (Fsp3) is 0.636. The number of benzene rings is 1. The Bertz CT molecular complexity index is 719. The molecule has 0 saturated carbocycles. The smallest absolute Gasteiger partial charge is 0.223 e. The van der Waals surface area contributed by atoms with Gasteiger partial charge in [0.2, 0.25) is 11.8 Å². The normalized spacial score (nSPS) is 30.7. The fourth-order valence-electron chi connectivity index (χ4n) is 5.58. The molecule has 3 aliphatic heterocycles. The number of nitrogens with one attached hydrogen (secondary N) is 1. The number of carbonyl (C=O) groups is 2. The highest BCUT2D eigenvalue weighted by Gasteiger charge is 2.49. The van der Waals surface area contributed by atoms with Gasteiger partial charge in [0.25, 0.3) is 0 Å². The second-order valence-corrected chi connectivity index (χ2v) is 8.70. The van der Waals surface area contributed by atoms with Crippen molar-refractivity contribution in [1.29, 1.82) is 0 Å². The number of carbonyl (C=O) groups excluding carboxylic acids is 2. The summed E-state index contributed by atoms with van der Waals surface area (Å²) in [5, 5.41) is 2.99. The summed E-state index contributed by atoms with van der Waals surface area (Å²) in [6.45, 7) is 7.35. The van der Waals surface area contributed by atoms with Gasteiger partial charge in [-0.25, -0.2) is 0 Å². The number of amides is 2. The lowest BCUT2D eigenvalue weighted by Gasteiger charge is -2.56. The summed E-state index contributed by atoms with van der Waals surface area (Å²) in [4.78, 5) is 29.0. The van der Waals surface area contributed by atoms with Crippen molar-refractivity contribution in [1.82, 2.24) is 15.1 Å². The highest BCUT2D eigenvalue weighted by molar-refractivity contribution is 5.78. The van der Waals surface area contributed by atoms with E-state index in [4.69, 9.17) is 0 Å². The molecular weight excluding hydrogens is 338 g/mol. The first-order chi connectivity index (χ1) is 13.0. The molecule has 1 N–H and O–H groups in total. The van der Waals surface area contributed by atoms with Crippen molar-refractivity contribution in [2.75, 3.05) is 19.6 Å². The molecule has 0 unspecified atom stereocenters. The molecule has 4 atom stereocenters. The topological polar surface area (TPSA) is 52.7 Å². The summed E-state index contributed by atoms with van der Waals surface area (Å²) in [7, 11) is 0. The van der Waals surface area contributed by atoms with E-state index in [1.165, 1.54) is 17.5 Å². The Labute approximate surface area is 162 Å². The fourth-order valence-corrected chi connectivity index (χ4v) is 5.58. The van der Waals surface area contributed by atoms with Gasteiger partial charge in [0, 0.05) is 45.6 Å². The third-order valence-electron chi connectivity index (χ3n) is 6.62. The van der Waals surface area contributed by atoms with E-state index in [1.54, 1.807) is 6.92 Å².